The van der Waals surface area contributed by atoms with Gasteiger partial charge >= 0.3 is 0 Å². The lowest BCUT2D eigenvalue weighted by Gasteiger charge is -2.15. The van der Waals surface area contributed by atoms with E-state index in [1.165, 1.54) is 24.7 Å². The Kier molecular flexibility index (Phi) is 7.27. The third kappa shape index (κ3) is 5.72. The van der Waals surface area contributed by atoms with Crippen molar-refractivity contribution in [1.29, 1.82) is 0 Å². The van der Waals surface area contributed by atoms with Crippen LogP contribution in [0.5, 0.6) is 5.75 Å². The average Bonchev–Trinajstić information content (AvgIpc) is 2.65. The summed E-state index contributed by atoms with van der Waals surface area (Å²) in [5.41, 5.74) is 0.570. The number of benzene rings is 1. The van der Waals surface area contributed by atoms with E-state index in [0.717, 1.165) is 18.4 Å². The van der Waals surface area contributed by atoms with Crippen LogP contribution in [0.4, 0.5) is 8.78 Å². The van der Waals surface area contributed by atoms with E-state index in [0.29, 0.717) is 17.2 Å². The predicted octanol–water partition coefficient (Wildman–Crippen LogP) is 3.66. The Labute approximate surface area is 179 Å². The zero-order valence-corrected chi connectivity index (χ0v) is 18.6. The monoisotopic (exact) mass is 451 g/mol. The van der Waals surface area contributed by atoms with E-state index in [-0.39, 0.29) is 28.7 Å². The van der Waals surface area contributed by atoms with Crippen molar-refractivity contribution in [1.82, 2.24) is 4.57 Å². The number of aliphatic imine (C=N–C) groups is 2. The minimum absolute atomic E-state index is 0.00339. The second-order valence-electron chi connectivity index (χ2n) is 7.16. The van der Waals surface area contributed by atoms with E-state index < -0.39 is 26.6 Å². The maximum absolute atomic E-state index is 14.1. The van der Waals surface area contributed by atoms with Crippen molar-refractivity contribution in [2.24, 2.45) is 17.0 Å². The van der Waals surface area contributed by atoms with Gasteiger partial charge in [-0.15, -0.1) is 0 Å². The molecule has 7 nitrogen and oxygen atoms in total. The maximum Gasteiger partial charge on any atom is 0.253 e. The fourth-order valence-corrected chi connectivity index (χ4v) is 3.22. The molecule has 31 heavy (non-hydrogen) atoms. The topological polar surface area (TPSA) is 90.1 Å². The molecular weight excluding hydrogens is 428 g/mol. The second-order valence-corrected chi connectivity index (χ2v) is 9.07. The van der Waals surface area contributed by atoms with Gasteiger partial charge in [-0.05, 0) is 37.8 Å². The number of amidine groups is 1. The number of hydrogen-bond acceptors (Lipinski definition) is 5. The molecule has 166 valence electrons. The lowest BCUT2D eigenvalue weighted by molar-refractivity contribution is 0.397. The molecule has 0 atom stereocenters. The van der Waals surface area contributed by atoms with Gasteiger partial charge in [-0.25, -0.2) is 27.2 Å². The van der Waals surface area contributed by atoms with Gasteiger partial charge < -0.3 is 9.30 Å². The number of allylic oxidation sites excluding steroid dienone is 1. The van der Waals surface area contributed by atoms with Gasteiger partial charge in [-0.1, -0.05) is 13.8 Å². The highest BCUT2D eigenvalue weighted by atomic mass is 32.2. The number of pyridine rings is 1. The van der Waals surface area contributed by atoms with Gasteiger partial charge in [0, 0.05) is 36.7 Å². The molecule has 0 saturated carbocycles. The Morgan fingerprint density at radius 1 is 1.23 bits per heavy atom. The average molecular weight is 451 g/mol. The van der Waals surface area contributed by atoms with Gasteiger partial charge in [0.15, 0.2) is 11.6 Å². The van der Waals surface area contributed by atoms with Crippen molar-refractivity contribution in [2.75, 3.05) is 6.26 Å². The first-order valence-electron chi connectivity index (χ1n) is 9.15. The molecule has 0 N–H and O–H groups in total. The smallest absolute Gasteiger partial charge is 0.253 e. The summed E-state index contributed by atoms with van der Waals surface area (Å²) in [5.74, 6) is -2.14. The molecule has 0 saturated heterocycles. The first-order chi connectivity index (χ1) is 14.3. The molecule has 0 bridgehead atoms. The highest BCUT2D eigenvalue weighted by molar-refractivity contribution is 8.05. The van der Waals surface area contributed by atoms with E-state index in [1.54, 1.807) is 6.07 Å². The summed E-state index contributed by atoms with van der Waals surface area (Å²) < 4.78 is 58.2. The zero-order valence-electron chi connectivity index (χ0n) is 17.8. The Morgan fingerprint density at radius 3 is 2.39 bits per heavy atom. The quantitative estimate of drug-likeness (QED) is 0.394. The van der Waals surface area contributed by atoms with Gasteiger partial charge in [0.1, 0.15) is 17.3 Å². The van der Waals surface area contributed by atoms with Crippen LogP contribution in [0.25, 0.3) is 5.70 Å². The fraction of sp³-hybridized carbons (Fsp3) is 0.286. The number of aromatic nitrogens is 1. The van der Waals surface area contributed by atoms with Crippen LogP contribution in [-0.2, 0) is 16.9 Å². The van der Waals surface area contributed by atoms with Crippen LogP contribution in [0.2, 0.25) is 0 Å². The molecule has 10 heteroatoms. The minimum atomic E-state index is -3.84. The summed E-state index contributed by atoms with van der Waals surface area (Å²) in [6.45, 7) is 8.34. The van der Waals surface area contributed by atoms with Crippen molar-refractivity contribution in [3.05, 3.63) is 69.3 Å². The van der Waals surface area contributed by atoms with Gasteiger partial charge in [-0.2, -0.15) is 0 Å². The van der Waals surface area contributed by atoms with Crippen molar-refractivity contribution < 1.29 is 21.9 Å². The van der Waals surface area contributed by atoms with Crippen LogP contribution in [0, 0.1) is 11.6 Å². The lowest BCUT2D eigenvalue weighted by atomic mass is 10.0. The first kappa shape index (κ1) is 24.1. The number of hydrogen-bond donors (Lipinski definition) is 0. The zero-order chi connectivity index (χ0) is 23.5. The minimum Gasteiger partial charge on any atom is -0.457 e. The van der Waals surface area contributed by atoms with Crippen molar-refractivity contribution in [3.63, 3.8) is 0 Å². The molecule has 0 aliphatic heterocycles. The summed E-state index contributed by atoms with van der Waals surface area (Å²) >= 11 is 0. The Bertz CT molecular complexity index is 1250. The Hall–Kier alpha value is -3.14. The number of sulfone groups is 1. The van der Waals surface area contributed by atoms with Gasteiger partial charge in [0.25, 0.3) is 5.56 Å². The van der Waals surface area contributed by atoms with E-state index >= 15 is 0 Å². The van der Waals surface area contributed by atoms with Crippen LogP contribution in [0.3, 0.4) is 0 Å². The van der Waals surface area contributed by atoms with Gasteiger partial charge in [0.05, 0.1) is 0 Å². The molecule has 1 aromatic carbocycles. The van der Waals surface area contributed by atoms with E-state index in [9.17, 15) is 22.0 Å². The van der Waals surface area contributed by atoms with Crippen LogP contribution in [0.15, 0.2) is 51.0 Å². The van der Waals surface area contributed by atoms with Crippen LogP contribution in [-0.4, -0.2) is 31.1 Å². The normalized spacial score (nSPS) is 13.2. The molecular formula is C21H23F2N3O4S. The molecule has 1 heterocycles. The van der Waals surface area contributed by atoms with Crippen molar-refractivity contribution in [2.45, 2.75) is 26.7 Å². The molecule has 0 unspecified atom stereocenters. The molecule has 2 aromatic rings. The maximum atomic E-state index is 14.1. The summed E-state index contributed by atoms with van der Waals surface area (Å²) in [4.78, 5) is 20.0. The van der Waals surface area contributed by atoms with Crippen LogP contribution >= 0.6 is 0 Å². The van der Waals surface area contributed by atoms with Crippen LogP contribution < -0.4 is 10.3 Å². The standard InChI is InChI=1S/C21H23F2N3O4S/c1-12(2)16-9-14(11-26(5)20(16)27)19(25-21(24-4)31(6,28)29)13(3)30-18-8-7-15(22)10-17(18)23/h7-12H,4H2,1-3,5-6H3/b19-13+,25-21?. The number of ether oxygens (including phenoxy) is 1. The molecule has 0 fully saturated rings. The molecule has 2 rings (SSSR count). The van der Waals surface area contributed by atoms with E-state index in [2.05, 4.69) is 16.7 Å². The largest absolute Gasteiger partial charge is 0.457 e. The number of aryl methyl sites for hydroxylation is 1. The highest BCUT2D eigenvalue weighted by Crippen LogP contribution is 2.27. The van der Waals surface area contributed by atoms with Crippen LogP contribution in [0.1, 0.15) is 37.8 Å². The molecule has 0 amide bonds. The van der Waals surface area contributed by atoms with Crippen molar-refractivity contribution >= 4 is 27.4 Å². The van der Waals surface area contributed by atoms with Gasteiger partial charge in [0.2, 0.25) is 15.0 Å². The van der Waals surface area contributed by atoms with Gasteiger partial charge in [-0.3, -0.25) is 4.79 Å². The Morgan fingerprint density at radius 2 is 1.87 bits per heavy atom. The third-order valence-electron chi connectivity index (χ3n) is 4.27. The summed E-state index contributed by atoms with van der Waals surface area (Å²) in [6, 6.07) is 4.33. The molecule has 1 aromatic heterocycles. The number of nitrogens with zero attached hydrogens (tertiary/aromatic N) is 3. The van der Waals surface area contributed by atoms with E-state index in [1.807, 2.05) is 13.8 Å². The summed E-state index contributed by atoms with van der Waals surface area (Å²) in [6.07, 6.45) is 2.36. The summed E-state index contributed by atoms with van der Waals surface area (Å²) in [7, 11) is -2.30. The molecule has 0 radical (unpaired) electrons. The van der Waals surface area contributed by atoms with E-state index in [4.69, 9.17) is 4.74 Å². The molecule has 0 aliphatic carbocycles. The van der Waals surface area contributed by atoms with Crippen molar-refractivity contribution in [3.8, 4) is 5.75 Å². The third-order valence-corrected chi connectivity index (χ3v) is 5.15. The predicted molar refractivity (Wildman–Crippen MR) is 117 cm³/mol. The first-order valence-corrected chi connectivity index (χ1v) is 11.0. The SMILES string of the molecule is C=NC(=N/C(=C(\C)Oc1ccc(F)cc1F)c1cc(C(C)C)c(=O)n(C)c1)S(C)(=O)=O. The Balaban J connectivity index is 2.81. The lowest BCUT2D eigenvalue weighted by Crippen LogP contribution is -2.22. The molecule has 0 spiro atoms. The highest BCUT2D eigenvalue weighted by Gasteiger charge is 2.19. The fourth-order valence-electron chi connectivity index (χ4n) is 2.73. The molecule has 0 aliphatic rings. The number of rotatable bonds is 5. The second kappa shape index (κ2) is 9.34. The summed E-state index contributed by atoms with van der Waals surface area (Å²) in [5, 5.41) is -0.579. The number of halogens is 2.